The fourth-order valence-corrected chi connectivity index (χ4v) is 3.72. The van der Waals surface area contributed by atoms with E-state index in [2.05, 4.69) is 6.07 Å². The van der Waals surface area contributed by atoms with Crippen molar-refractivity contribution in [1.29, 1.82) is 5.26 Å². The van der Waals surface area contributed by atoms with Crippen LogP contribution >= 0.6 is 0 Å². The Hall–Kier alpha value is -3.78. The minimum Gasteiger partial charge on any atom is -0.378 e. The van der Waals surface area contributed by atoms with Crippen LogP contribution < -0.4 is 14.7 Å². The first kappa shape index (κ1) is 21.9. The second kappa shape index (κ2) is 8.93. The minimum atomic E-state index is -0.978. The fourth-order valence-electron chi connectivity index (χ4n) is 3.72. The molecule has 158 valence electrons. The predicted octanol–water partition coefficient (Wildman–Crippen LogP) is 4.27. The van der Waals surface area contributed by atoms with Gasteiger partial charge in [0.2, 0.25) is 6.41 Å². The average Bonchev–Trinajstić information content (AvgIpc) is 2.80. The van der Waals surface area contributed by atoms with Crippen molar-refractivity contribution >= 4 is 23.5 Å². The Bertz CT molecular complexity index is 1010. The summed E-state index contributed by atoms with van der Waals surface area (Å²) in [7, 11) is 9.69. The summed E-state index contributed by atoms with van der Waals surface area (Å²) in [5.74, 6) is 0. The smallest absolute Gasteiger partial charge is 0.213 e. The van der Waals surface area contributed by atoms with E-state index >= 15 is 0 Å². The molecule has 0 unspecified atom stereocenters. The molecule has 3 aromatic carbocycles. The number of carbonyl (C=O) groups excluding carboxylic acids is 1. The number of benzene rings is 3. The molecule has 0 aliphatic heterocycles. The third-order valence-electron chi connectivity index (χ3n) is 5.67. The largest absolute Gasteiger partial charge is 0.378 e. The monoisotopic (exact) mass is 412 g/mol. The highest BCUT2D eigenvalue weighted by Gasteiger charge is 2.37. The van der Waals surface area contributed by atoms with Gasteiger partial charge in [0.1, 0.15) is 5.41 Å². The molecule has 0 radical (unpaired) electrons. The van der Waals surface area contributed by atoms with E-state index in [1.54, 1.807) is 7.05 Å². The van der Waals surface area contributed by atoms with Crippen molar-refractivity contribution in [1.82, 2.24) is 0 Å². The van der Waals surface area contributed by atoms with Crippen LogP contribution in [0.5, 0.6) is 0 Å². The van der Waals surface area contributed by atoms with E-state index in [1.165, 1.54) is 4.90 Å². The number of nitriles is 1. The Kier molecular flexibility index (Phi) is 6.31. The molecule has 0 atom stereocenters. The maximum absolute atomic E-state index is 11.1. The molecule has 0 saturated heterocycles. The summed E-state index contributed by atoms with van der Waals surface area (Å²) in [4.78, 5) is 16.7. The predicted molar refractivity (Wildman–Crippen MR) is 128 cm³/mol. The van der Waals surface area contributed by atoms with Gasteiger partial charge in [-0.1, -0.05) is 36.4 Å². The van der Waals surface area contributed by atoms with Crippen molar-refractivity contribution < 1.29 is 4.79 Å². The van der Waals surface area contributed by atoms with Crippen molar-refractivity contribution in [2.24, 2.45) is 0 Å². The molecule has 0 aromatic heterocycles. The zero-order valence-electron chi connectivity index (χ0n) is 18.7. The van der Waals surface area contributed by atoms with Crippen molar-refractivity contribution in [3.63, 3.8) is 0 Å². The molecule has 0 heterocycles. The zero-order valence-corrected chi connectivity index (χ0v) is 18.7. The van der Waals surface area contributed by atoms with E-state index in [-0.39, 0.29) is 0 Å². The Morgan fingerprint density at radius 2 is 0.968 bits per heavy atom. The summed E-state index contributed by atoms with van der Waals surface area (Å²) in [6.45, 7) is 0. The summed E-state index contributed by atoms with van der Waals surface area (Å²) >= 11 is 0. The molecular weight excluding hydrogens is 384 g/mol. The molecule has 0 saturated carbocycles. The molecule has 3 rings (SSSR count). The number of amides is 1. The molecular formula is C26H28N4O. The van der Waals surface area contributed by atoms with Crippen molar-refractivity contribution in [2.45, 2.75) is 5.41 Å². The fraction of sp³-hybridized carbons (Fsp3) is 0.231. The molecule has 31 heavy (non-hydrogen) atoms. The van der Waals surface area contributed by atoms with Gasteiger partial charge in [-0.3, -0.25) is 4.79 Å². The summed E-state index contributed by atoms with van der Waals surface area (Å²) in [5, 5.41) is 10.6. The SMILES string of the molecule is CN(C)c1ccc(C(C#N)(c2ccc(N(C)C)cc2)c2ccc(N(C)C=O)cc2)cc1. The van der Waals surface area contributed by atoms with Gasteiger partial charge in [-0.25, -0.2) is 0 Å². The number of rotatable bonds is 7. The van der Waals surface area contributed by atoms with Crippen LogP contribution in [0.25, 0.3) is 0 Å². The van der Waals surface area contributed by atoms with Crippen molar-refractivity contribution in [2.75, 3.05) is 49.9 Å². The standard InChI is InChI=1S/C26H28N4O/c1-28(2)23-12-6-20(7-13-23)26(18-27,21-8-14-24(15-9-21)29(3)4)22-10-16-25(17-11-22)30(5)19-31/h6-17,19H,1-5H3. The molecule has 0 spiro atoms. The summed E-state index contributed by atoms with van der Waals surface area (Å²) in [6.07, 6.45) is 0.770. The van der Waals surface area contributed by atoms with E-state index in [0.717, 1.165) is 40.2 Å². The van der Waals surface area contributed by atoms with E-state index in [1.807, 2.05) is 111 Å². The third kappa shape index (κ3) is 4.10. The second-order valence-corrected chi connectivity index (χ2v) is 8.01. The molecule has 0 aliphatic rings. The maximum Gasteiger partial charge on any atom is 0.213 e. The van der Waals surface area contributed by atoms with E-state index in [0.29, 0.717) is 0 Å². The Balaban J connectivity index is 2.21. The Morgan fingerprint density at radius 3 is 1.23 bits per heavy atom. The van der Waals surface area contributed by atoms with Crippen LogP contribution in [0.15, 0.2) is 72.8 Å². The number of carbonyl (C=O) groups is 1. The quantitative estimate of drug-likeness (QED) is 0.430. The normalized spacial score (nSPS) is 10.8. The van der Waals surface area contributed by atoms with Gasteiger partial charge in [0.15, 0.2) is 0 Å². The highest BCUT2D eigenvalue weighted by atomic mass is 16.1. The van der Waals surface area contributed by atoms with Gasteiger partial charge in [0.25, 0.3) is 0 Å². The summed E-state index contributed by atoms with van der Waals surface area (Å²) in [5.41, 5.74) is 4.59. The van der Waals surface area contributed by atoms with Crippen LogP contribution in [-0.4, -0.2) is 41.6 Å². The molecule has 5 nitrogen and oxygen atoms in total. The lowest BCUT2D eigenvalue weighted by Gasteiger charge is -2.30. The van der Waals surface area contributed by atoms with Crippen LogP contribution in [0.3, 0.4) is 0 Å². The van der Waals surface area contributed by atoms with E-state index < -0.39 is 5.41 Å². The Labute approximate surface area is 184 Å². The van der Waals surface area contributed by atoms with Crippen molar-refractivity contribution in [3.05, 3.63) is 89.5 Å². The molecule has 1 amide bonds. The van der Waals surface area contributed by atoms with Crippen molar-refractivity contribution in [3.8, 4) is 6.07 Å². The molecule has 0 aliphatic carbocycles. The van der Waals surface area contributed by atoms with Gasteiger partial charge in [-0.15, -0.1) is 0 Å². The first-order chi connectivity index (χ1) is 14.8. The molecule has 3 aromatic rings. The van der Waals surface area contributed by atoms with Gasteiger partial charge in [0.05, 0.1) is 6.07 Å². The molecule has 0 fully saturated rings. The van der Waals surface area contributed by atoms with Crippen LogP contribution in [0, 0.1) is 11.3 Å². The van der Waals surface area contributed by atoms with Gasteiger partial charge in [0, 0.05) is 52.3 Å². The van der Waals surface area contributed by atoms with E-state index in [9.17, 15) is 10.1 Å². The first-order valence-corrected chi connectivity index (χ1v) is 10.1. The number of hydrogen-bond acceptors (Lipinski definition) is 4. The van der Waals surface area contributed by atoms with Gasteiger partial charge < -0.3 is 14.7 Å². The number of hydrogen-bond donors (Lipinski definition) is 0. The van der Waals surface area contributed by atoms with Crippen LogP contribution in [-0.2, 0) is 10.2 Å². The average molecular weight is 413 g/mol. The highest BCUT2D eigenvalue weighted by Crippen LogP contribution is 2.40. The molecule has 0 bridgehead atoms. The van der Waals surface area contributed by atoms with Crippen LogP contribution in [0.4, 0.5) is 17.1 Å². The summed E-state index contributed by atoms with van der Waals surface area (Å²) < 4.78 is 0. The topological polar surface area (TPSA) is 50.6 Å². The van der Waals surface area contributed by atoms with Gasteiger partial charge in [-0.05, 0) is 53.1 Å². The van der Waals surface area contributed by atoms with Crippen LogP contribution in [0.2, 0.25) is 0 Å². The van der Waals surface area contributed by atoms with E-state index in [4.69, 9.17) is 0 Å². The second-order valence-electron chi connectivity index (χ2n) is 8.01. The first-order valence-electron chi connectivity index (χ1n) is 10.1. The number of nitrogens with zero attached hydrogens (tertiary/aromatic N) is 4. The lowest BCUT2D eigenvalue weighted by Crippen LogP contribution is -2.28. The maximum atomic E-state index is 11.1. The lowest BCUT2D eigenvalue weighted by atomic mass is 9.70. The highest BCUT2D eigenvalue weighted by molar-refractivity contribution is 5.74. The molecule has 0 N–H and O–H groups in total. The third-order valence-corrected chi connectivity index (χ3v) is 5.67. The zero-order chi connectivity index (χ0) is 22.6. The lowest BCUT2D eigenvalue weighted by molar-refractivity contribution is -0.107. The van der Waals surface area contributed by atoms with Crippen LogP contribution in [0.1, 0.15) is 16.7 Å². The molecule has 5 heteroatoms. The summed E-state index contributed by atoms with van der Waals surface area (Å²) in [6, 6.07) is 26.4. The van der Waals surface area contributed by atoms with Gasteiger partial charge in [-0.2, -0.15) is 5.26 Å². The van der Waals surface area contributed by atoms with Gasteiger partial charge >= 0.3 is 0 Å². The number of anilines is 3. The Morgan fingerprint density at radius 1 is 0.645 bits per heavy atom. The minimum absolute atomic E-state index is 0.770.